The highest BCUT2D eigenvalue weighted by Gasteiger charge is 2.21. The fourth-order valence-corrected chi connectivity index (χ4v) is 4.28. The summed E-state index contributed by atoms with van der Waals surface area (Å²) in [5.41, 5.74) is 3.18. The summed E-state index contributed by atoms with van der Waals surface area (Å²) in [7, 11) is 0. The lowest BCUT2D eigenvalue weighted by atomic mass is 10.0. The molecule has 5 nitrogen and oxygen atoms in total. The van der Waals surface area contributed by atoms with Gasteiger partial charge in [-0.15, -0.1) is 0 Å². The summed E-state index contributed by atoms with van der Waals surface area (Å²) in [6.45, 7) is 1.78. The molecule has 2 aromatic heterocycles. The second-order valence-corrected chi connectivity index (χ2v) is 8.12. The summed E-state index contributed by atoms with van der Waals surface area (Å²) in [4.78, 5) is 24.2. The highest BCUT2D eigenvalue weighted by Crippen LogP contribution is 2.35. The SMILES string of the molecule is Cc1c(C(=O)Oc2cc(-c3ccccc3)c3oc(=O)sc3c2)oc2ccc(Cl)cc12. The van der Waals surface area contributed by atoms with Crippen molar-refractivity contribution in [3.05, 3.63) is 86.7 Å². The van der Waals surface area contributed by atoms with Gasteiger partial charge in [-0.1, -0.05) is 53.3 Å². The van der Waals surface area contributed by atoms with Crippen LogP contribution >= 0.6 is 22.9 Å². The molecular weight excluding hydrogens is 424 g/mol. The van der Waals surface area contributed by atoms with E-state index in [1.807, 2.05) is 30.3 Å². The lowest BCUT2D eigenvalue weighted by molar-refractivity contribution is 0.0703. The first-order valence-corrected chi connectivity index (χ1v) is 10.2. The van der Waals surface area contributed by atoms with Crippen LogP contribution in [-0.2, 0) is 0 Å². The molecular formula is C23H13ClO5S. The Labute approximate surface area is 179 Å². The van der Waals surface area contributed by atoms with E-state index in [-0.39, 0.29) is 5.76 Å². The predicted molar refractivity (Wildman–Crippen MR) is 117 cm³/mol. The van der Waals surface area contributed by atoms with Crippen LogP contribution in [0.4, 0.5) is 0 Å². The summed E-state index contributed by atoms with van der Waals surface area (Å²) in [6, 6.07) is 17.9. The fourth-order valence-electron chi connectivity index (χ4n) is 3.38. The molecule has 0 fully saturated rings. The molecule has 0 bridgehead atoms. The van der Waals surface area contributed by atoms with Crippen LogP contribution in [0.2, 0.25) is 5.02 Å². The van der Waals surface area contributed by atoms with Gasteiger partial charge in [0.2, 0.25) is 5.76 Å². The minimum absolute atomic E-state index is 0.106. The zero-order chi connectivity index (χ0) is 20.8. The number of halogens is 1. The zero-order valence-electron chi connectivity index (χ0n) is 15.6. The van der Waals surface area contributed by atoms with Gasteiger partial charge < -0.3 is 13.6 Å². The van der Waals surface area contributed by atoms with E-state index in [2.05, 4.69) is 0 Å². The van der Waals surface area contributed by atoms with Gasteiger partial charge in [0.15, 0.2) is 5.58 Å². The smallest absolute Gasteiger partial charge is 0.396 e. The number of hydrogen-bond donors (Lipinski definition) is 0. The second kappa shape index (κ2) is 7.16. The zero-order valence-corrected chi connectivity index (χ0v) is 17.2. The molecule has 0 aliphatic rings. The van der Waals surface area contributed by atoms with Gasteiger partial charge in [0.05, 0.1) is 4.70 Å². The van der Waals surface area contributed by atoms with Crippen molar-refractivity contribution in [2.75, 3.05) is 0 Å². The Bertz CT molecular complexity index is 1480. The summed E-state index contributed by atoms with van der Waals surface area (Å²) < 4.78 is 17.3. The molecule has 3 aromatic carbocycles. The summed E-state index contributed by atoms with van der Waals surface area (Å²) >= 11 is 7.01. The van der Waals surface area contributed by atoms with E-state index < -0.39 is 10.9 Å². The minimum atomic E-state index is -0.631. The quantitative estimate of drug-likeness (QED) is 0.240. The molecule has 0 N–H and O–H groups in total. The molecule has 0 amide bonds. The molecule has 30 heavy (non-hydrogen) atoms. The molecule has 0 unspecified atom stereocenters. The van der Waals surface area contributed by atoms with Crippen LogP contribution in [-0.4, -0.2) is 5.97 Å². The molecule has 0 aliphatic heterocycles. The van der Waals surface area contributed by atoms with Crippen LogP contribution in [0.25, 0.3) is 32.4 Å². The first kappa shape index (κ1) is 18.7. The molecule has 0 saturated heterocycles. The molecule has 0 atom stereocenters. The van der Waals surface area contributed by atoms with E-state index in [4.69, 9.17) is 25.2 Å². The number of aryl methyl sites for hydroxylation is 1. The molecule has 0 radical (unpaired) electrons. The average Bonchev–Trinajstić information content (AvgIpc) is 3.27. The van der Waals surface area contributed by atoms with E-state index in [1.54, 1.807) is 37.3 Å². The molecule has 5 rings (SSSR count). The molecule has 0 saturated carbocycles. The lowest BCUT2D eigenvalue weighted by Gasteiger charge is -2.07. The fraction of sp³-hybridized carbons (Fsp3) is 0.0435. The van der Waals surface area contributed by atoms with Gasteiger partial charge in [-0.2, -0.15) is 0 Å². The van der Waals surface area contributed by atoms with E-state index >= 15 is 0 Å². The van der Waals surface area contributed by atoms with Crippen molar-refractivity contribution in [3.63, 3.8) is 0 Å². The number of hydrogen-bond acceptors (Lipinski definition) is 6. The predicted octanol–water partition coefficient (Wildman–Crippen LogP) is 6.45. The number of benzene rings is 3. The summed E-state index contributed by atoms with van der Waals surface area (Å²) in [5.74, 6) is -0.232. The van der Waals surface area contributed by atoms with Crippen LogP contribution in [0.15, 0.2) is 74.3 Å². The van der Waals surface area contributed by atoms with Gasteiger partial charge in [-0.05, 0) is 36.8 Å². The van der Waals surface area contributed by atoms with Gasteiger partial charge in [-0.25, -0.2) is 9.59 Å². The largest absolute Gasteiger partial charge is 0.449 e. The topological polar surface area (TPSA) is 69.7 Å². The third-order valence-corrected chi connectivity index (χ3v) is 5.79. The van der Waals surface area contributed by atoms with Crippen LogP contribution < -0.4 is 9.68 Å². The number of fused-ring (bicyclic) bond motifs is 2. The number of furan rings is 1. The van der Waals surface area contributed by atoms with Crippen molar-refractivity contribution in [1.82, 2.24) is 0 Å². The number of ether oxygens (including phenoxy) is 1. The molecule has 0 spiro atoms. The maximum Gasteiger partial charge on any atom is 0.396 e. The van der Waals surface area contributed by atoms with Crippen molar-refractivity contribution >= 4 is 50.2 Å². The number of rotatable bonds is 3. The average molecular weight is 437 g/mol. The monoisotopic (exact) mass is 436 g/mol. The molecule has 148 valence electrons. The Balaban J connectivity index is 1.58. The Morgan fingerprint density at radius 3 is 2.63 bits per heavy atom. The molecule has 5 aromatic rings. The normalized spacial score (nSPS) is 11.3. The maximum atomic E-state index is 12.8. The minimum Gasteiger partial charge on any atom is -0.449 e. The molecule has 0 aliphatic carbocycles. The van der Waals surface area contributed by atoms with E-state index in [0.717, 1.165) is 22.3 Å². The number of carbonyl (C=O) groups excluding carboxylic acids is 1. The lowest BCUT2D eigenvalue weighted by Crippen LogP contribution is -2.08. The van der Waals surface area contributed by atoms with Crippen LogP contribution in [0.5, 0.6) is 5.75 Å². The molecule has 7 heteroatoms. The highest BCUT2D eigenvalue weighted by molar-refractivity contribution is 7.16. The number of carbonyl (C=O) groups is 1. The number of esters is 1. The summed E-state index contributed by atoms with van der Waals surface area (Å²) in [6.07, 6.45) is 0. The Morgan fingerprint density at radius 2 is 1.83 bits per heavy atom. The van der Waals surface area contributed by atoms with E-state index in [0.29, 0.717) is 37.8 Å². The standard InChI is InChI=1S/C23H13ClO5S/c1-12-16-9-14(24)7-8-18(16)28-20(12)22(25)27-15-10-17(13-5-3-2-4-6-13)21-19(11-15)30-23(26)29-21/h2-11H,1H3. The third-order valence-electron chi connectivity index (χ3n) is 4.79. The first-order valence-electron chi connectivity index (χ1n) is 9.03. The van der Waals surface area contributed by atoms with Crippen molar-refractivity contribution < 1.29 is 18.4 Å². The van der Waals surface area contributed by atoms with Crippen molar-refractivity contribution in [2.24, 2.45) is 0 Å². The second-order valence-electron chi connectivity index (χ2n) is 6.70. The van der Waals surface area contributed by atoms with Crippen molar-refractivity contribution in [3.8, 4) is 16.9 Å². The van der Waals surface area contributed by atoms with Crippen LogP contribution in [0.3, 0.4) is 0 Å². The highest BCUT2D eigenvalue weighted by atomic mass is 35.5. The third kappa shape index (κ3) is 3.20. The Hall–Kier alpha value is -3.35. The summed E-state index contributed by atoms with van der Waals surface area (Å²) in [5, 5.41) is 1.31. The van der Waals surface area contributed by atoms with Crippen molar-refractivity contribution in [1.29, 1.82) is 0 Å². The Kier molecular flexibility index (Phi) is 4.46. The van der Waals surface area contributed by atoms with Crippen LogP contribution in [0.1, 0.15) is 16.1 Å². The molecule has 2 heterocycles. The van der Waals surface area contributed by atoms with Gasteiger partial charge in [0.1, 0.15) is 11.3 Å². The van der Waals surface area contributed by atoms with Gasteiger partial charge in [-0.3, -0.25) is 0 Å². The van der Waals surface area contributed by atoms with Gasteiger partial charge >= 0.3 is 10.9 Å². The van der Waals surface area contributed by atoms with Crippen molar-refractivity contribution in [2.45, 2.75) is 6.92 Å². The Morgan fingerprint density at radius 1 is 1.03 bits per heavy atom. The first-order chi connectivity index (χ1) is 14.5. The van der Waals surface area contributed by atoms with Crippen LogP contribution in [0, 0.1) is 6.92 Å². The maximum absolute atomic E-state index is 12.8. The van der Waals surface area contributed by atoms with Gasteiger partial charge in [0, 0.05) is 27.6 Å². The van der Waals surface area contributed by atoms with E-state index in [9.17, 15) is 9.59 Å². The van der Waals surface area contributed by atoms with Gasteiger partial charge in [0.25, 0.3) is 0 Å². The van der Waals surface area contributed by atoms with E-state index in [1.165, 1.54) is 0 Å².